The van der Waals surface area contributed by atoms with Crippen molar-refractivity contribution in [2.45, 2.75) is 18.8 Å². The van der Waals surface area contributed by atoms with Gasteiger partial charge in [-0.15, -0.1) is 0 Å². The van der Waals surface area contributed by atoms with Crippen molar-refractivity contribution < 1.29 is 27.2 Å². The Labute approximate surface area is 189 Å². The fourth-order valence-corrected chi connectivity index (χ4v) is 4.29. The van der Waals surface area contributed by atoms with Gasteiger partial charge in [-0.25, -0.2) is 9.18 Å². The van der Waals surface area contributed by atoms with Gasteiger partial charge in [-0.05, 0) is 29.8 Å². The topological polar surface area (TPSA) is 107 Å². The van der Waals surface area contributed by atoms with Crippen LogP contribution in [0.1, 0.15) is 33.2 Å². The van der Waals surface area contributed by atoms with Crippen LogP contribution in [-0.2, 0) is 12.7 Å². The molecule has 0 aliphatic carbocycles. The molecule has 0 saturated carbocycles. The number of nitrogens with zero attached hydrogens (tertiary/aromatic N) is 3. The van der Waals surface area contributed by atoms with Gasteiger partial charge in [0, 0.05) is 12.1 Å². The number of hydrogen-bond acceptors (Lipinski definition) is 3. The molecule has 4 rings (SSSR count). The number of aromatic nitrogens is 2. The average molecular weight is 482 g/mol. The average Bonchev–Trinajstić information content (AvgIpc) is 3.12. The van der Waals surface area contributed by atoms with E-state index in [1.165, 1.54) is 27.8 Å². The standard InChI is InChI=1S/C21H16ClF4N5O2/c22-14-9-11(4-5-13(14)21(24,25)26)17-18-15(19(27)32)16(10-2-1-3-12(23)8-10)29-31(18)7-6-30(17)20(28)33/h1-5,8-9,17H,6-7H2,(H2,27,32)(H2,28,33). The Kier molecular flexibility index (Phi) is 5.52. The summed E-state index contributed by atoms with van der Waals surface area (Å²) in [6.45, 7) is 0.173. The van der Waals surface area contributed by atoms with E-state index in [2.05, 4.69) is 5.10 Å². The second-order valence-corrected chi connectivity index (χ2v) is 7.78. The first-order valence-corrected chi connectivity index (χ1v) is 9.96. The highest BCUT2D eigenvalue weighted by Crippen LogP contribution is 2.41. The van der Waals surface area contributed by atoms with Gasteiger partial charge in [-0.1, -0.05) is 29.8 Å². The zero-order valence-electron chi connectivity index (χ0n) is 16.7. The van der Waals surface area contributed by atoms with E-state index in [1.54, 1.807) is 0 Å². The van der Waals surface area contributed by atoms with Crippen molar-refractivity contribution >= 4 is 23.5 Å². The summed E-state index contributed by atoms with van der Waals surface area (Å²) in [6, 6.07) is 6.34. The van der Waals surface area contributed by atoms with Crippen molar-refractivity contribution in [3.8, 4) is 11.3 Å². The highest BCUT2D eigenvalue weighted by molar-refractivity contribution is 6.31. The molecule has 0 spiro atoms. The molecule has 1 atom stereocenters. The summed E-state index contributed by atoms with van der Waals surface area (Å²) in [5.74, 6) is -1.48. The van der Waals surface area contributed by atoms with Crippen molar-refractivity contribution in [2.75, 3.05) is 6.54 Å². The lowest BCUT2D eigenvalue weighted by Gasteiger charge is -2.36. The first-order valence-electron chi connectivity index (χ1n) is 9.58. The van der Waals surface area contributed by atoms with Crippen LogP contribution in [0.4, 0.5) is 22.4 Å². The molecule has 172 valence electrons. The molecule has 1 unspecified atom stereocenters. The highest BCUT2D eigenvalue weighted by atomic mass is 35.5. The largest absolute Gasteiger partial charge is 0.417 e. The summed E-state index contributed by atoms with van der Waals surface area (Å²) < 4.78 is 54.8. The molecule has 0 saturated heterocycles. The van der Waals surface area contributed by atoms with E-state index in [1.807, 2.05) is 0 Å². The second-order valence-electron chi connectivity index (χ2n) is 7.38. The van der Waals surface area contributed by atoms with Crippen LogP contribution in [0, 0.1) is 5.82 Å². The number of amides is 3. The fraction of sp³-hybridized carbons (Fsp3) is 0.190. The summed E-state index contributed by atoms with van der Waals surface area (Å²) in [4.78, 5) is 25.9. The molecule has 0 fully saturated rings. The number of carbonyl (C=O) groups is 2. The third kappa shape index (κ3) is 3.99. The quantitative estimate of drug-likeness (QED) is 0.553. The highest BCUT2D eigenvalue weighted by Gasteiger charge is 2.39. The number of urea groups is 1. The van der Waals surface area contributed by atoms with Crippen molar-refractivity contribution in [3.63, 3.8) is 0 Å². The van der Waals surface area contributed by atoms with E-state index in [0.717, 1.165) is 24.3 Å². The van der Waals surface area contributed by atoms with Crippen LogP contribution >= 0.6 is 11.6 Å². The Morgan fingerprint density at radius 1 is 1.09 bits per heavy atom. The van der Waals surface area contributed by atoms with Crippen LogP contribution in [0.2, 0.25) is 5.02 Å². The minimum atomic E-state index is -4.68. The molecular formula is C21H16ClF4N5O2. The van der Waals surface area contributed by atoms with Crippen molar-refractivity contribution in [1.82, 2.24) is 14.7 Å². The van der Waals surface area contributed by atoms with Gasteiger partial charge in [-0.3, -0.25) is 9.48 Å². The first-order chi connectivity index (χ1) is 15.5. The predicted octanol–water partition coefficient (Wildman–Crippen LogP) is 3.94. The zero-order chi connectivity index (χ0) is 24.1. The van der Waals surface area contributed by atoms with E-state index < -0.39 is 40.6 Å². The van der Waals surface area contributed by atoms with Crippen LogP contribution in [-0.4, -0.2) is 33.2 Å². The third-order valence-corrected chi connectivity index (χ3v) is 5.67. The molecule has 4 N–H and O–H groups in total. The summed E-state index contributed by atoms with van der Waals surface area (Å²) in [6.07, 6.45) is -4.68. The second kappa shape index (κ2) is 8.07. The van der Waals surface area contributed by atoms with Crippen LogP contribution in [0.15, 0.2) is 42.5 Å². The van der Waals surface area contributed by atoms with Gasteiger partial charge >= 0.3 is 12.2 Å². The number of fused-ring (bicyclic) bond motifs is 1. The van der Waals surface area contributed by atoms with Gasteiger partial charge in [0.05, 0.1) is 28.4 Å². The number of hydrogen-bond donors (Lipinski definition) is 2. The van der Waals surface area contributed by atoms with Crippen LogP contribution in [0.3, 0.4) is 0 Å². The molecule has 1 aliphatic rings. The lowest BCUT2D eigenvalue weighted by Crippen LogP contribution is -2.46. The van der Waals surface area contributed by atoms with E-state index in [9.17, 15) is 27.2 Å². The Balaban J connectivity index is 1.96. The molecule has 12 heteroatoms. The van der Waals surface area contributed by atoms with Crippen LogP contribution < -0.4 is 11.5 Å². The molecule has 2 heterocycles. The van der Waals surface area contributed by atoms with E-state index in [0.29, 0.717) is 0 Å². The fourth-order valence-electron chi connectivity index (χ4n) is 3.99. The van der Waals surface area contributed by atoms with Gasteiger partial charge in [0.25, 0.3) is 5.91 Å². The maximum atomic E-state index is 13.8. The Hall–Kier alpha value is -3.60. The maximum absolute atomic E-state index is 13.8. The minimum Gasteiger partial charge on any atom is -0.365 e. The molecule has 2 aromatic carbocycles. The summed E-state index contributed by atoms with van der Waals surface area (Å²) in [5.41, 5.74) is 10.7. The Morgan fingerprint density at radius 3 is 2.39 bits per heavy atom. The SMILES string of the molecule is NC(=O)c1c(-c2cccc(F)c2)nn2c1C(c1ccc(C(F)(F)F)c(Cl)c1)N(C(N)=O)CC2. The van der Waals surface area contributed by atoms with Gasteiger partial charge < -0.3 is 16.4 Å². The zero-order valence-corrected chi connectivity index (χ0v) is 17.5. The van der Waals surface area contributed by atoms with Gasteiger partial charge in [0.1, 0.15) is 17.6 Å². The van der Waals surface area contributed by atoms with E-state index in [4.69, 9.17) is 23.1 Å². The number of nitrogens with two attached hydrogens (primary N) is 2. The van der Waals surface area contributed by atoms with E-state index in [-0.39, 0.29) is 41.2 Å². The predicted molar refractivity (Wildman–Crippen MR) is 111 cm³/mol. The summed E-state index contributed by atoms with van der Waals surface area (Å²) in [7, 11) is 0. The Morgan fingerprint density at radius 2 is 1.82 bits per heavy atom. The molecule has 33 heavy (non-hydrogen) atoms. The smallest absolute Gasteiger partial charge is 0.365 e. The van der Waals surface area contributed by atoms with Crippen molar-refractivity contribution in [2.24, 2.45) is 11.5 Å². The van der Waals surface area contributed by atoms with E-state index >= 15 is 0 Å². The van der Waals surface area contributed by atoms with Crippen LogP contribution in [0.25, 0.3) is 11.3 Å². The molecule has 7 nitrogen and oxygen atoms in total. The van der Waals surface area contributed by atoms with Crippen LogP contribution in [0.5, 0.6) is 0 Å². The normalized spacial score (nSPS) is 15.9. The molecular weight excluding hydrogens is 466 g/mol. The third-order valence-electron chi connectivity index (χ3n) is 5.36. The first kappa shape index (κ1) is 22.6. The number of halogens is 5. The molecule has 1 aromatic heterocycles. The molecule has 3 aromatic rings. The number of carbonyl (C=O) groups excluding carboxylic acids is 2. The number of benzene rings is 2. The van der Waals surface area contributed by atoms with Gasteiger partial charge in [-0.2, -0.15) is 18.3 Å². The lowest BCUT2D eigenvalue weighted by atomic mass is 9.94. The number of primary amides is 2. The van der Waals surface area contributed by atoms with Gasteiger partial charge in [0.15, 0.2) is 0 Å². The minimum absolute atomic E-state index is 0.0497. The lowest BCUT2D eigenvalue weighted by molar-refractivity contribution is -0.137. The monoisotopic (exact) mass is 481 g/mol. The molecule has 3 amide bonds. The van der Waals surface area contributed by atoms with Gasteiger partial charge in [0.2, 0.25) is 0 Å². The number of rotatable bonds is 3. The number of alkyl halides is 3. The Bertz CT molecular complexity index is 1270. The summed E-state index contributed by atoms with van der Waals surface area (Å²) >= 11 is 5.90. The van der Waals surface area contributed by atoms with Crippen molar-refractivity contribution in [1.29, 1.82) is 0 Å². The molecule has 0 radical (unpaired) electrons. The molecule has 1 aliphatic heterocycles. The summed E-state index contributed by atoms with van der Waals surface area (Å²) in [5, 5.41) is 3.80. The maximum Gasteiger partial charge on any atom is 0.417 e. The molecule has 0 bridgehead atoms. The van der Waals surface area contributed by atoms with Crippen molar-refractivity contribution in [3.05, 3.63) is 75.7 Å².